The van der Waals surface area contributed by atoms with Crippen LogP contribution >= 0.6 is 0 Å². The summed E-state index contributed by atoms with van der Waals surface area (Å²) < 4.78 is 2.29. The van der Waals surface area contributed by atoms with Gasteiger partial charge >= 0.3 is 0 Å². The van der Waals surface area contributed by atoms with Gasteiger partial charge in [-0.2, -0.15) is 0 Å². The largest absolute Gasteiger partial charge is 0.354 e. The van der Waals surface area contributed by atoms with E-state index < -0.39 is 0 Å². The quantitative estimate of drug-likeness (QED) is 0.796. The first-order valence-corrected chi connectivity index (χ1v) is 7.17. The molecule has 1 aliphatic rings. The lowest BCUT2D eigenvalue weighted by Gasteiger charge is -2.20. The Labute approximate surface area is 105 Å². The minimum absolute atomic E-state index is 0.673. The molecule has 0 amide bonds. The molecule has 1 fully saturated rings. The van der Waals surface area contributed by atoms with Crippen LogP contribution in [0.5, 0.6) is 0 Å². The molecule has 1 aromatic rings. The minimum atomic E-state index is 0.673. The van der Waals surface area contributed by atoms with E-state index in [0.717, 1.165) is 19.0 Å². The zero-order valence-electron chi connectivity index (χ0n) is 11.3. The summed E-state index contributed by atoms with van der Waals surface area (Å²) in [5.74, 6) is 0.910. The highest BCUT2D eigenvalue weighted by Gasteiger charge is 2.20. The Bertz CT molecular complexity index is 323. The van der Waals surface area contributed by atoms with E-state index >= 15 is 0 Å². The fraction of sp³-hybridized carbons (Fsp3) is 0.733. The van der Waals surface area contributed by atoms with E-state index in [9.17, 15) is 0 Å². The summed E-state index contributed by atoms with van der Waals surface area (Å²) in [6.07, 6.45) is 11.4. The van der Waals surface area contributed by atoms with E-state index in [-0.39, 0.29) is 0 Å². The number of rotatable bonds is 6. The second-order valence-corrected chi connectivity index (χ2v) is 5.47. The molecule has 2 rings (SSSR count). The van der Waals surface area contributed by atoms with Crippen molar-refractivity contribution in [2.45, 2.75) is 65.1 Å². The standard InChI is InChI=1S/C15H26N2/c1-3-9-17-10-8-14(12-17)11-16-13(2)15-6-4-5-7-15/h8,10,12-13,15-16H,3-7,9,11H2,1-2H3. The monoisotopic (exact) mass is 234 g/mol. The van der Waals surface area contributed by atoms with Gasteiger partial charge in [-0.05, 0) is 43.7 Å². The van der Waals surface area contributed by atoms with Crippen molar-refractivity contribution in [1.29, 1.82) is 0 Å². The Morgan fingerprint density at radius 1 is 1.41 bits per heavy atom. The molecule has 1 heterocycles. The first-order chi connectivity index (χ1) is 8.29. The third kappa shape index (κ3) is 3.60. The number of hydrogen-bond acceptors (Lipinski definition) is 1. The van der Waals surface area contributed by atoms with E-state index in [2.05, 4.69) is 42.2 Å². The molecule has 17 heavy (non-hydrogen) atoms. The molecule has 1 unspecified atom stereocenters. The molecule has 1 aromatic heterocycles. The maximum Gasteiger partial charge on any atom is 0.0223 e. The molecule has 0 spiro atoms. The van der Waals surface area contributed by atoms with Gasteiger partial charge in [-0.3, -0.25) is 0 Å². The van der Waals surface area contributed by atoms with Crippen LogP contribution in [0.4, 0.5) is 0 Å². The van der Waals surface area contributed by atoms with Crippen LogP contribution in [0.2, 0.25) is 0 Å². The Balaban J connectivity index is 1.76. The van der Waals surface area contributed by atoms with E-state index in [1.165, 1.54) is 37.7 Å². The highest BCUT2D eigenvalue weighted by molar-refractivity contribution is 5.10. The molecule has 2 nitrogen and oxygen atoms in total. The van der Waals surface area contributed by atoms with Gasteiger partial charge in [0.1, 0.15) is 0 Å². The maximum absolute atomic E-state index is 3.68. The van der Waals surface area contributed by atoms with Crippen LogP contribution in [0.25, 0.3) is 0 Å². The number of hydrogen-bond donors (Lipinski definition) is 1. The molecule has 0 aromatic carbocycles. The molecule has 1 atom stereocenters. The predicted molar refractivity (Wildman–Crippen MR) is 73.0 cm³/mol. The second-order valence-electron chi connectivity index (χ2n) is 5.47. The summed E-state index contributed by atoms with van der Waals surface area (Å²) in [5, 5.41) is 3.68. The fourth-order valence-electron chi connectivity index (χ4n) is 2.90. The highest BCUT2D eigenvalue weighted by Crippen LogP contribution is 2.27. The van der Waals surface area contributed by atoms with E-state index in [4.69, 9.17) is 0 Å². The van der Waals surface area contributed by atoms with Gasteiger partial charge in [0.2, 0.25) is 0 Å². The molecular weight excluding hydrogens is 208 g/mol. The summed E-state index contributed by atoms with van der Waals surface area (Å²) in [7, 11) is 0. The molecule has 96 valence electrons. The van der Waals surface area contributed by atoms with Gasteiger partial charge in [-0.25, -0.2) is 0 Å². The Hall–Kier alpha value is -0.760. The van der Waals surface area contributed by atoms with Crippen LogP contribution < -0.4 is 5.32 Å². The summed E-state index contributed by atoms with van der Waals surface area (Å²) in [4.78, 5) is 0. The van der Waals surface area contributed by atoms with Crippen molar-refractivity contribution in [1.82, 2.24) is 9.88 Å². The third-order valence-corrected chi connectivity index (χ3v) is 4.03. The van der Waals surface area contributed by atoms with Crippen molar-refractivity contribution in [2.24, 2.45) is 5.92 Å². The minimum Gasteiger partial charge on any atom is -0.354 e. The summed E-state index contributed by atoms with van der Waals surface area (Å²) in [5.41, 5.74) is 1.42. The first kappa shape index (κ1) is 12.7. The van der Waals surface area contributed by atoms with E-state index in [0.29, 0.717) is 6.04 Å². The summed E-state index contributed by atoms with van der Waals surface area (Å²) >= 11 is 0. The Morgan fingerprint density at radius 3 is 2.88 bits per heavy atom. The second kappa shape index (κ2) is 6.25. The zero-order valence-corrected chi connectivity index (χ0v) is 11.3. The summed E-state index contributed by atoms with van der Waals surface area (Å²) in [6.45, 7) is 6.73. The predicted octanol–water partition coefficient (Wildman–Crippen LogP) is 3.57. The maximum atomic E-state index is 3.68. The number of aryl methyl sites for hydroxylation is 1. The average Bonchev–Trinajstić information content (AvgIpc) is 2.97. The summed E-state index contributed by atoms with van der Waals surface area (Å²) in [6, 6.07) is 2.91. The Kier molecular flexibility index (Phi) is 4.66. The van der Waals surface area contributed by atoms with Gasteiger partial charge in [0, 0.05) is 31.5 Å². The van der Waals surface area contributed by atoms with Crippen LogP contribution in [0.3, 0.4) is 0 Å². The van der Waals surface area contributed by atoms with Crippen molar-refractivity contribution in [3.8, 4) is 0 Å². The van der Waals surface area contributed by atoms with Crippen LogP contribution in [0, 0.1) is 5.92 Å². The van der Waals surface area contributed by atoms with E-state index in [1.54, 1.807) is 0 Å². The van der Waals surface area contributed by atoms with Gasteiger partial charge in [-0.15, -0.1) is 0 Å². The number of nitrogens with one attached hydrogen (secondary N) is 1. The third-order valence-electron chi connectivity index (χ3n) is 4.03. The molecule has 1 aliphatic carbocycles. The highest BCUT2D eigenvalue weighted by atomic mass is 15.0. The average molecular weight is 234 g/mol. The Morgan fingerprint density at radius 2 is 2.18 bits per heavy atom. The molecule has 0 aliphatic heterocycles. The van der Waals surface area contributed by atoms with Crippen molar-refractivity contribution < 1.29 is 0 Å². The van der Waals surface area contributed by atoms with Gasteiger partial charge in [0.25, 0.3) is 0 Å². The smallest absolute Gasteiger partial charge is 0.0223 e. The molecular formula is C15H26N2. The lowest BCUT2D eigenvalue weighted by molar-refractivity contribution is 0.380. The molecule has 0 radical (unpaired) electrons. The van der Waals surface area contributed by atoms with Gasteiger partial charge in [0.15, 0.2) is 0 Å². The topological polar surface area (TPSA) is 17.0 Å². The van der Waals surface area contributed by atoms with Crippen LogP contribution in [0.15, 0.2) is 18.5 Å². The molecule has 0 bridgehead atoms. The lowest BCUT2D eigenvalue weighted by atomic mass is 10.00. The first-order valence-electron chi connectivity index (χ1n) is 7.17. The van der Waals surface area contributed by atoms with Gasteiger partial charge in [-0.1, -0.05) is 19.8 Å². The molecule has 1 saturated carbocycles. The van der Waals surface area contributed by atoms with Crippen LogP contribution in [0.1, 0.15) is 51.5 Å². The van der Waals surface area contributed by atoms with Crippen molar-refractivity contribution in [3.63, 3.8) is 0 Å². The molecule has 2 heteroatoms. The normalized spacial score (nSPS) is 18.7. The fourth-order valence-corrected chi connectivity index (χ4v) is 2.90. The molecule has 1 N–H and O–H groups in total. The van der Waals surface area contributed by atoms with E-state index in [1.807, 2.05) is 0 Å². The zero-order chi connectivity index (χ0) is 12.1. The van der Waals surface area contributed by atoms with Gasteiger partial charge < -0.3 is 9.88 Å². The molecule has 0 saturated heterocycles. The van der Waals surface area contributed by atoms with Crippen molar-refractivity contribution in [2.75, 3.05) is 0 Å². The SMILES string of the molecule is CCCn1ccc(CNC(C)C2CCCC2)c1. The van der Waals surface area contributed by atoms with Gasteiger partial charge in [0.05, 0.1) is 0 Å². The van der Waals surface area contributed by atoms with Crippen LogP contribution in [-0.2, 0) is 13.1 Å². The van der Waals surface area contributed by atoms with Crippen molar-refractivity contribution in [3.05, 3.63) is 24.0 Å². The number of nitrogens with zero attached hydrogens (tertiary/aromatic N) is 1. The lowest BCUT2D eigenvalue weighted by Crippen LogP contribution is -2.31. The number of aromatic nitrogens is 1. The van der Waals surface area contributed by atoms with Crippen molar-refractivity contribution >= 4 is 0 Å². The van der Waals surface area contributed by atoms with Crippen LogP contribution in [-0.4, -0.2) is 10.6 Å².